The van der Waals surface area contributed by atoms with Crippen molar-refractivity contribution in [3.8, 4) is 0 Å². The zero-order valence-electron chi connectivity index (χ0n) is 16.4. The van der Waals surface area contributed by atoms with Gasteiger partial charge in [-0.3, -0.25) is 15.1 Å². The van der Waals surface area contributed by atoms with Gasteiger partial charge >= 0.3 is 6.09 Å². The Kier molecular flexibility index (Phi) is 8.10. The van der Waals surface area contributed by atoms with Crippen molar-refractivity contribution in [3.05, 3.63) is 62.9 Å². The number of ether oxygens (including phenoxy) is 1. The monoisotopic (exact) mass is 438 g/mol. The molecule has 0 unspecified atom stereocenters. The van der Waals surface area contributed by atoms with Crippen LogP contribution in [0, 0.1) is 5.41 Å². The van der Waals surface area contributed by atoms with Gasteiger partial charge in [0, 0.05) is 23.5 Å². The van der Waals surface area contributed by atoms with Crippen molar-refractivity contribution in [2.45, 2.75) is 33.2 Å². The Morgan fingerprint density at radius 2 is 2.03 bits per heavy atom. The number of amides is 2. The van der Waals surface area contributed by atoms with Crippen LogP contribution in [0.15, 0.2) is 46.8 Å². The molecule has 0 bridgehead atoms. The van der Waals surface area contributed by atoms with E-state index in [2.05, 4.69) is 0 Å². The van der Waals surface area contributed by atoms with Crippen LogP contribution < -0.4 is 11.2 Å². The smallest absolute Gasteiger partial charge is 0.414 e. The van der Waals surface area contributed by atoms with E-state index in [0.29, 0.717) is 42.6 Å². The van der Waals surface area contributed by atoms with E-state index in [1.54, 1.807) is 27.8 Å². The summed E-state index contributed by atoms with van der Waals surface area (Å²) in [6, 6.07) is 1.38. The molecule has 2 amide bonds. The van der Waals surface area contributed by atoms with E-state index in [-0.39, 0.29) is 11.1 Å². The van der Waals surface area contributed by atoms with Gasteiger partial charge in [-0.2, -0.15) is 0 Å². The number of pyridine rings is 1. The van der Waals surface area contributed by atoms with E-state index in [1.807, 2.05) is 19.9 Å². The van der Waals surface area contributed by atoms with E-state index >= 15 is 0 Å². The normalized spacial score (nSPS) is 16.1. The van der Waals surface area contributed by atoms with Crippen molar-refractivity contribution in [1.82, 2.24) is 9.47 Å². The number of halogens is 2. The average Bonchev–Trinajstić information content (AvgIpc) is 3.03. The number of allylic oxidation sites excluding steroid dienone is 5. The Labute approximate surface area is 179 Å². The Morgan fingerprint density at radius 1 is 1.31 bits per heavy atom. The Hall–Kier alpha value is -2.51. The number of carbonyl (C=O) groups excluding carboxylic acids is 2. The number of nitrogens with one attached hydrogen (secondary N) is 1. The minimum Gasteiger partial charge on any atom is -0.447 e. The number of hydrogen-bond donors (Lipinski definition) is 2. The summed E-state index contributed by atoms with van der Waals surface area (Å²) in [7, 11) is 0. The summed E-state index contributed by atoms with van der Waals surface area (Å²) in [5, 5.41) is 9.08. The zero-order chi connectivity index (χ0) is 21.6. The molecule has 156 valence electrons. The molecule has 0 spiro atoms. The molecule has 1 aliphatic heterocycles. The highest BCUT2D eigenvalue weighted by Crippen LogP contribution is 2.27. The maximum absolute atomic E-state index is 12.0. The predicted octanol–water partition coefficient (Wildman–Crippen LogP) is 3.93. The molecule has 29 heavy (non-hydrogen) atoms. The van der Waals surface area contributed by atoms with Crippen molar-refractivity contribution in [2.24, 2.45) is 5.73 Å². The second kappa shape index (κ2) is 10.3. The number of rotatable bonds is 5. The molecule has 9 heteroatoms. The summed E-state index contributed by atoms with van der Waals surface area (Å²) >= 11 is 12.2. The van der Waals surface area contributed by atoms with Gasteiger partial charge in [-0.1, -0.05) is 43.1 Å². The Balaban J connectivity index is 0.00000145. The highest BCUT2D eigenvalue weighted by Gasteiger charge is 2.26. The van der Waals surface area contributed by atoms with Gasteiger partial charge in [-0.25, -0.2) is 4.79 Å². The average molecular weight is 439 g/mol. The maximum atomic E-state index is 12.0. The number of cyclic esters (lactones) is 1. The zero-order valence-corrected chi connectivity index (χ0v) is 17.9. The van der Waals surface area contributed by atoms with Crippen LogP contribution in [0.3, 0.4) is 0 Å². The largest absolute Gasteiger partial charge is 0.447 e. The first kappa shape index (κ1) is 22.8. The molecule has 3 rings (SSSR count). The third-order valence-corrected chi connectivity index (χ3v) is 4.87. The third-order valence-electron chi connectivity index (χ3n) is 4.38. The van der Waals surface area contributed by atoms with Crippen LogP contribution in [0.1, 0.15) is 37.0 Å². The third kappa shape index (κ3) is 5.52. The van der Waals surface area contributed by atoms with Crippen molar-refractivity contribution in [3.63, 3.8) is 0 Å². The number of hydrogen-bond acceptors (Lipinski definition) is 4. The van der Waals surface area contributed by atoms with Crippen LogP contribution in [0.5, 0.6) is 0 Å². The lowest BCUT2D eigenvalue weighted by Crippen LogP contribution is -2.30. The van der Waals surface area contributed by atoms with Crippen LogP contribution in [-0.4, -0.2) is 34.6 Å². The van der Waals surface area contributed by atoms with E-state index in [1.165, 1.54) is 6.07 Å². The molecule has 2 heterocycles. The Morgan fingerprint density at radius 3 is 2.66 bits per heavy atom. The molecule has 1 aliphatic carbocycles. The fraction of sp³-hybridized carbons (Fsp3) is 0.350. The van der Waals surface area contributed by atoms with Crippen molar-refractivity contribution < 1.29 is 14.3 Å². The van der Waals surface area contributed by atoms with Gasteiger partial charge in [0.2, 0.25) is 0 Å². The van der Waals surface area contributed by atoms with Gasteiger partial charge in [0.1, 0.15) is 12.1 Å². The number of nitrogens with two attached hydrogens (primary N) is 1. The number of aryl methyl sites for hydroxylation is 1. The molecule has 0 atom stereocenters. The second-order valence-corrected chi connectivity index (χ2v) is 6.98. The fourth-order valence-corrected chi connectivity index (χ4v) is 3.39. The molecule has 2 aliphatic rings. The Bertz CT molecular complexity index is 948. The molecular weight excluding hydrogens is 415 g/mol. The summed E-state index contributed by atoms with van der Waals surface area (Å²) in [6.45, 7) is 5.20. The van der Waals surface area contributed by atoms with Gasteiger partial charge in [-0.15, -0.1) is 0 Å². The first-order chi connectivity index (χ1) is 13.9. The first-order valence-electron chi connectivity index (χ1n) is 9.31. The van der Waals surface area contributed by atoms with Crippen LogP contribution in [-0.2, 0) is 11.3 Å². The molecule has 1 saturated heterocycles. The van der Waals surface area contributed by atoms with E-state index in [9.17, 15) is 9.59 Å². The molecule has 0 saturated carbocycles. The molecular formula is C20H24Cl2N4O3. The summed E-state index contributed by atoms with van der Waals surface area (Å²) in [5.74, 6) is -0.705. The maximum Gasteiger partial charge on any atom is 0.414 e. The molecule has 3 N–H and O–H groups in total. The lowest BCUT2D eigenvalue weighted by Gasteiger charge is -2.19. The second-order valence-electron chi connectivity index (χ2n) is 6.11. The van der Waals surface area contributed by atoms with Crippen LogP contribution in [0.4, 0.5) is 4.79 Å². The van der Waals surface area contributed by atoms with Crippen molar-refractivity contribution in [1.29, 1.82) is 5.41 Å². The quantitative estimate of drug-likeness (QED) is 0.727. The van der Waals surface area contributed by atoms with E-state index in [4.69, 9.17) is 39.1 Å². The van der Waals surface area contributed by atoms with Crippen LogP contribution >= 0.6 is 23.2 Å². The fourth-order valence-electron chi connectivity index (χ4n) is 3.02. The van der Waals surface area contributed by atoms with E-state index < -0.39 is 12.0 Å². The van der Waals surface area contributed by atoms with Crippen LogP contribution in [0.2, 0.25) is 5.02 Å². The molecule has 0 radical (unpaired) electrons. The highest BCUT2D eigenvalue weighted by molar-refractivity contribution is 6.31. The SMILES string of the molecule is CC.N=c1c(C(N)=O)cc(Cl)cn1CCC1=C(N2CCOC2=O)C=CC(Cl)=CC1. The van der Waals surface area contributed by atoms with Crippen LogP contribution in [0.25, 0.3) is 0 Å². The highest BCUT2D eigenvalue weighted by atomic mass is 35.5. The topological polar surface area (TPSA) is 101 Å². The van der Waals surface area contributed by atoms with Gasteiger partial charge in [-0.05, 0) is 36.6 Å². The molecule has 7 nitrogen and oxygen atoms in total. The van der Waals surface area contributed by atoms with Gasteiger partial charge in [0.25, 0.3) is 5.91 Å². The summed E-state index contributed by atoms with van der Waals surface area (Å²) in [6.07, 6.45) is 7.67. The number of aromatic nitrogens is 1. The first-order valence-corrected chi connectivity index (χ1v) is 10.1. The van der Waals surface area contributed by atoms with E-state index in [0.717, 1.165) is 11.3 Å². The molecule has 0 aromatic carbocycles. The van der Waals surface area contributed by atoms with Gasteiger partial charge in [0.05, 0.1) is 17.1 Å². The lowest BCUT2D eigenvalue weighted by molar-refractivity contribution is 0.0997. The number of nitrogens with zero attached hydrogens (tertiary/aromatic N) is 2. The van der Waals surface area contributed by atoms with Gasteiger partial charge in [0.15, 0.2) is 0 Å². The predicted molar refractivity (Wildman–Crippen MR) is 113 cm³/mol. The summed E-state index contributed by atoms with van der Waals surface area (Å²) in [5.41, 5.74) is 7.08. The number of primary amides is 1. The summed E-state index contributed by atoms with van der Waals surface area (Å²) < 4.78 is 6.60. The molecule has 1 aromatic heterocycles. The van der Waals surface area contributed by atoms with Crippen molar-refractivity contribution >= 4 is 35.2 Å². The molecule has 1 fully saturated rings. The van der Waals surface area contributed by atoms with Gasteiger partial charge < -0.3 is 15.0 Å². The number of carbonyl (C=O) groups is 2. The standard InChI is InChI=1S/C18H18Cl2N4O3.C2H6/c19-12-2-1-11(15(4-3-12)24-7-8-27-18(24)26)5-6-23-10-13(20)9-14(16(23)21)17(22)25;1-2/h2-4,9-10,21H,1,5-8H2,(H2,22,25);1-2H3. The van der Waals surface area contributed by atoms with Crippen molar-refractivity contribution in [2.75, 3.05) is 13.2 Å². The minimum absolute atomic E-state index is 0.00706. The summed E-state index contributed by atoms with van der Waals surface area (Å²) in [4.78, 5) is 25.1. The molecule has 1 aromatic rings. The minimum atomic E-state index is -0.705. The lowest BCUT2D eigenvalue weighted by atomic mass is 10.1.